The smallest absolute Gasteiger partial charge is 0.407 e. The molecule has 0 rings (SSSR count). The normalized spacial score (nSPS) is 14.6. The minimum atomic E-state index is -1.04. The van der Waals surface area contributed by atoms with Crippen LogP contribution in [0.4, 0.5) is 4.79 Å². The Hall–Kier alpha value is -1.26. The number of rotatable bonds is 4. The standard InChI is InChI=1S/C9H17NO4/c1-5(2)6(3)7(8(11)12)10-9(13)14-4/h5-7H,1-4H3,(H,10,13)(H,11,12). The fraction of sp³-hybridized carbons (Fsp3) is 0.778. The number of carbonyl (C=O) groups is 2. The van der Waals surface area contributed by atoms with Crippen molar-refractivity contribution in [3.05, 3.63) is 0 Å². The Morgan fingerprint density at radius 1 is 1.29 bits per heavy atom. The van der Waals surface area contributed by atoms with Crippen molar-refractivity contribution in [2.45, 2.75) is 26.8 Å². The van der Waals surface area contributed by atoms with Crippen LogP contribution in [-0.2, 0) is 9.53 Å². The monoisotopic (exact) mass is 203 g/mol. The predicted molar refractivity (Wildman–Crippen MR) is 51.0 cm³/mol. The van der Waals surface area contributed by atoms with Gasteiger partial charge in [0.25, 0.3) is 0 Å². The molecule has 1 amide bonds. The van der Waals surface area contributed by atoms with Gasteiger partial charge in [-0.15, -0.1) is 0 Å². The van der Waals surface area contributed by atoms with Gasteiger partial charge in [0.05, 0.1) is 7.11 Å². The SMILES string of the molecule is COC(=O)NC(C(=O)O)C(C)C(C)C. The van der Waals surface area contributed by atoms with Crippen LogP contribution < -0.4 is 5.32 Å². The molecule has 0 radical (unpaired) electrons. The number of ether oxygens (including phenoxy) is 1. The van der Waals surface area contributed by atoms with Gasteiger partial charge < -0.3 is 15.2 Å². The van der Waals surface area contributed by atoms with Gasteiger partial charge in [0.1, 0.15) is 6.04 Å². The van der Waals surface area contributed by atoms with Gasteiger partial charge in [-0.2, -0.15) is 0 Å². The highest BCUT2D eigenvalue weighted by Gasteiger charge is 2.28. The summed E-state index contributed by atoms with van der Waals surface area (Å²) >= 11 is 0. The van der Waals surface area contributed by atoms with Crippen molar-refractivity contribution in [1.82, 2.24) is 5.32 Å². The summed E-state index contributed by atoms with van der Waals surface area (Å²) in [5.74, 6) is -1.02. The van der Waals surface area contributed by atoms with E-state index in [9.17, 15) is 9.59 Å². The summed E-state index contributed by atoms with van der Waals surface area (Å²) in [7, 11) is 1.20. The molecule has 0 aromatic heterocycles. The summed E-state index contributed by atoms with van der Waals surface area (Å²) in [6, 6.07) is -0.901. The first-order valence-corrected chi connectivity index (χ1v) is 4.47. The molecule has 0 bridgehead atoms. The Balaban J connectivity index is 4.44. The van der Waals surface area contributed by atoms with Gasteiger partial charge >= 0.3 is 12.1 Å². The average molecular weight is 203 g/mol. The van der Waals surface area contributed by atoms with Gasteiger partial charge in [-0.1, -0.05) is 20.8 Å². The van der Waals surface area contributed by atoms with E-state index in [0.29, 0.717) is 0 Å². The Morgan fingerprint density at radius 2 is 1.79 bits per heavy atom. The van der Waals surface area contributed by atoms with Crippen LogP contribution in [0.25, 0.3) is 0 Å². The number of hydrogen-bond acceptors (Lipinski definition) is 3. The number of carboxylic acids is 1. The van der Waals surface area contributed by atoms with Crippen LogP contribution in [0.1, 0.15) is 20.8 Å². The lowest BCUT2D eigenvalue weighted by Crippen LogP contribution is -2.46. The number of amides is 1. The van der Waals surface area contributed by atoms with Gasteiger partial charge in [-0.3, -0.25) is 0 Å². The third kappa shape index (κ3) is 3.64. The molecule has 2 unspecified atom stereocenters. The van der Waals surface area contributed by atoms with Crippen molar-refractivity contribution >= 4 is 12.1 Å². The van der Waals surface area contributed by atoms with Crippen molar-refractivity contribution in [3.8, 4) is 0 Å². The highest BCUT2D eigenvalue weighted by molar-refractivity contribution is 5.80. The zero-order valence-electron chi connectivity index (χ0n) is 8.90. The molecule has 5 nitrogen and oxygen atoms in total. The maximum absolute atomic E-state index is 10.9. The molecule has 0 aliphatic carbocycles. The largest absolute Gasteiger partial charge is 0.480 e. The average Bonchev–Trinajstić information content (AvgIpc) is 2.11. The van der Waals surface area contributed by atoms with E-state index in [-0.39, 0.29) is 11.8 Å². The second kappa shape index (κ2) is 5.47. The maximum Gasteiger partial charge on any atom is 0.407 e. The fourth-order valence-electron chi connectivity index (χ4n) is 0.989. The molecule has 0 aromatic rings. The van der Waals surface area contributed by atoms with Gasteiger partial charge in [-0.25, -0.2) is 9.59 Å². The van der Waals surface area contributed by atoms with Crippen LogP contribution in [0.3, 0.4) is 0 Å². The molecule has 0 heterocycles. The van der Waals surface area contributed by atoms with E-state index in [1.807, 2.05) is 13.8 Å². The zero-order valence-corrected chi connectivity index (χ0v) is 8.90. The molecule has 2 atom stereocenters. The summed E-state index contributed by atoms with van der Waals surface area (Å²) in [6.07, 6.45) is -0.718. The van der Waals surface area contributed by atoms with Gasteiger partial charge in [0, 0.05) is 0 Å². The predicted octanol–water partition coefficient (Wildman–Crippen LogP) is 1.09. The van der Waals surface area contributed by atoms with Crippen molar-refractivity contribution < 1.29 is 19.4 Å². The third-order valence-corrected chi connectivity index (χ3v) is 2.30. The van der Waals surface area contributed by atoms with Gasteiger partial charge in [0.15, 0.2) is 0 Å². The van der Waals surface area contributed by atoms with Crippen molar-refractivity contribution in [1.29, 1.82) is 0 Å². The summed E-state index contributed by atoms with van der Waals surface area (Å²) in [5.41, 5.74) is 0. The molecule has 0 saturated carbocycles. The van der Waals surface area contributed by atoms with Crippen molar-refractivity contribution in [2.75, 3.05) is 7.11 Å². The molecule has 14 heavy (non-hydrogen) atoms. The number of aliphatic carboxylic acids is 1. The molecule has 2 N–H and O–H groups in total. The molecular weight excluding hydrogens is 186 g/mol. The van der Waals surface area contributed by atoms with Crippen LogP contribution in [-0.4, -0.2) is 30.3 Å². The van der Waals surface area contributed by atoms with Crippen LogP contribution in [0.2, 0.25) is 0 Å². The van der Waals surface area contributed by atoms with Gasteiger partial charge in [-0.05, 0) is 11.8 Å². The summed E-state index contributed by atoms with van der Waals surface area (Å²) in [6.45, 7) is 5.58. The number of methoxy groups -OCH3 is 1. The molecule has 0 aromatic carbocycles. The molecule has 0 saturated heterocycles. The number of carboxylic acid groups (broad SMARTS) is 1. The first kappa shape index (κ1) is 12.7. The second-order valence-electron chi connectivity index (χ2n) is 3.55. The Morgan fingerprint density at radius 3 is 2.07 bits per heavy atom. The first-order chi connectivity index (χ1) is 6.40. The lowest BCUT2D eigenvalue weighted by atomic mass is 9.90. The molecule has 5 heteroatoms. The summed E-state index contributed by atoms with van der Waals surface area (Å²) in [5, 5.41) is 11.2. The Labute approximate surface area is 83.4 Å². The van der Waals surface area contributed by atoms with Crippen LogP contribution >= 0.6 is 0 Å². The van der Waals surface area contributed by atoms with E-state index in [4.69, 9.17) is 5.11 Å². The van der Waals surface area contributed by atoms with E-state index in [1.54, 1.807) is 6.92 Å². The van der Waals surface area contributed by atoms with Crippen LogP contribution in [0, 0.1) is 11.8 Å². The third-order valence-electron chi connectivity index (χ3n) is 2.30. The van der Waals surface area contributed by atoms with E-state index in [1.165, 1.54) is 7.11 Å². The quantitative estimate of drug-likeness (QED) is 0.717. The lowest BCUT2D eigenvalue weighted by Gasteiger charge is -2.23. The summed E-state index contributed by atoms with van der Waals surface area (Å²) < 4.78 is 4.35. The van der Waals surface area contributed by atoms with E-state index < -0.39 is 18.1 Å². The van der Waals surface area contributed by atoms with E-state index in [2.05, 4.69) is 10.1 Å². The number of nitrogens with one attached hydrogen (secondary N) is 1. The number of carbonyl (C=O) groups excluding carboxylic acids is 1. The molecular formula is C9H17NO4. The zero-order chi connectivity index (χ0) is 11.3. The van der Waals surface area contributed by atoms with E-state index >= 15 is 0 Å². The fourth-order valence-corrected chi connectivity index (χ4v) is 0.989. The lowest BCUT2D eigenvalue weighted by molar-refractivity contribution is -0.141. The highest BCUT2D eigenvalue weighted by atomic mass is 16.5. The number of hydrogen-bond donors (Lipinski definition) is 2. The van der Waals surface area contributed by atoms with E-state index in [0.717, 1.165) is 0 Å². The Kier molecular flexibility index (Phi) is 4.97. The Bertz CT molecular complexity index is 215. The number of alkyl carbamates (subject to hydrolysis) is 1. The van der Waals surface area contributed by atoms with Crippen LogP contribution in [0.15, 0.2) is 0 Å². The maximum atomic E-state index is 10.9. The molecule has 0 spiro atoms. The summed E-state index contributed by atoms with van der Waals surface area (Å²) in [4.78, 5) is 21.7. The second-order valence-corrected chi connectivity index (χ2v) is 3.55. The molecule has 0 aliphatic heterocycles. The topological polar surface area (TPSA) is 75.6 Å². The first-order valence-electron chi connectivity index (χ1n) is 4.47. The minimum absolute atomic E-state index is 0.147. The minimum Gasteiger partial charge on any atom is -0.480 e. The molecule has 82 valence electrons. The van der Waals surface area contributed by atoms with Gasteiger partial charge in [0.2, 0.25) is 0 Å². The molecule has 0 fully saturated rings. The highest BCUT2D eigenvalue weighted by Crippen LogP contribution is 2.14. The molecule has 0 aliphatic rings. The van der Waals surface area contributed by atoms with Crippen molar-refractivity contribution in [3.63, 3.8) is 0 Å². The van der Waals surface area contributed by atoms with Crippen LogP contribution in [0.5, 0.6) is 0 Å². The van der Waals surface area contributed by atoms with Crippen molar-refractivity contribution in [2.24, 2.45) is 11.8 Å².